The monoisotopic (exact) mass is 439 g/mol. The summed E-state index contributed by atoms with van der Waals surface area (Å²) < 4.78 is 35.7. The second kappa shape index (κ2) is 8.19. The van der Waals surface area contributed by atoms with Gasteiger partial charge < -0.3 is 4.74 Å². The van der Waals surface area contributed by atoms with Crippen LogP contribution in [0.15, 0.2) is 52.2 Å². The first-order chi connectivity index (χ1) is 14.8. The van der Waals surface area contributed by atoms with Gasteiger partial charge in [-0.15, -0.1) is 0 Å². The van der Waals surface area contributed by atoms with Gasteiger partial charge in [-0.3, -0.25) is 9.52 Å². The summed E-state index contributed by atoms with van der Waals surface area (Å²) in [5.41, 5.74) is 3.98. The number of sulfonamides is 1. The minimum atomic E-state index is -3.87. The average Bonchev–Trinajstić information content (AvgIpc) is 2.77. The molecule has 0 radical (unpaired) electrons. The van der Waals surface area contributed by atoms with Crippen molar-refractivity contribution < 1.29 is 13.2 Å². The molecule has 1 aliphatic carbocycles. The fourth-order valence-electron chi connectivity index (χ4n) is 4.05. The molecule has 0 amide bonds. The number of methoxy groups -OCH3 is 1. The SMILES string of the molecule is COc1ccccc1NS(=O)(=O)c1cc(-c2nn(C)c(=O)c3c2CCCC3)ccc1C. The van der Waals surface area contributed by atoms with Crippen molar-refractivity contribution in [2.45, 2.75) is 37.5 Å². The lowest BCUT2D eigenvalue weighted by Crippen LogP contribution is -2.28. The lowest BCUT2D eigenvalue weighted by atomic mass is 9.89. The predicted molar refractivity (Wildman–Crippen MR) is 120 cm³/mol. The van der Waals surface area contributed by atoms with E-state index in [4.69, 9.17) is 4.74 Å². The second-order valence-electron chi connectivity index (χ2n) is 7.73. The molecule has 3 aromatic rings. The van der Waals surface area contributed by atoms with Crippen LogP contribution in [0, 0.1) is 6.92 Å². The molecule has 0 aliphatic heterocycles. The Balaban J connectivity index is 1.82. The van der Waals surface area contributed by atoms with E-state index < -0.39 is 10.0 Å². The normalized spacial score (nSPS) is 13.5. The van der Waals surface area contributed by atoms with Crippen molar-refractivity contribution in [1.29, 1.82) is 0 Å². The highest BCUT2D eigenvalue weighted by Gasteiger charge is 2.23. The summed E-state index contributed by atoms with van der Waals surface area (Å²) in [5, 5.41) is 4.49. The maximum Gasteiger partial charge on any atom is 0.269 e. The molecule has 31 heavy (non-hydrogen) atoms. The van der Waals surface area contributed by atoms with Crippen molar-refractivity contribution in [2.75, 3.05) is 11.8 Å². The molecule has 162 valence electrons. The quantitative estimate of drug-likeness (QED) is 0.658. The summed E-state index contributed by atoms with van der Waals surface area (Å²) >= 11 is 0. The van der Waals surface area contributed by atoms with Gasteiger partial charge in [0.05, 0.1) is 23.4 Å². The van der Waals surface area contributed by atoms with E-state index in [-0.39, 0.29) is 10.5 Å². The molecule has 7 nitrogen and oxygen atoms in total. The Kier molecular flexibility index (Phi) is 5.58. The Hall–Kier alpha value is -3.13. The van der Waals surface area contributed by atoms with E-state index in [1.807, 2.05) is 6.07 Å². The Bertz CT molecular complexity index is 1310. The zero-order chi connectivity index (χ0) is 22.2. The third-order valence-corrected chi connectivity index (χ3v) is 7.17. The molecule has 0 fully saturated rings. The van der Waals surface area contributed by atoms with Crippen LogP contribution in [-0.4, -0.2) is 25.3 Å². The Labute approximate surface area is 181 Å². The van der Waals surface area contributed by atoms with Gasteiger partial charge in [0.15, 0.2) is 0 Å². The molecule has 0 saturated carbocycles. The number of hydrogen-bond acceptors (Lipinski definition) is 5. The number of rotatable bonds is 5. The van der Waals surface area contributed by atoms with Crippen LogP contribution in [0.25, 0.3) is 11.3 Å². The minimum absolute atomic E-state index is 0.0729. The van der Waals surface area contributed by atoms with Crippen molar-refractivity contribution in [3.05, 3.63) is 69.5 Å². The number of aromatic nitrogens is 2. The van der Waals surface area contributed by atoms with E-state index in [2.05, 4.69) is 9.82 Å². The van der Waals surface area contributed by atoms with Gasteiger partial charge in [0, 0.05) is 18.2 Å². The first-order valence-electron chi connectivity index (χ1n) is 10.2. The van der Waals surface area contributed by atoms with E-state index >= 15 is 0 Å². The van der Waals surface area contributed by atoms with Crippen LogP contribution in [0.1, 0.15) is 29.5 Å². The van der Waals surface area contributed by atoms with Crippen LogP contribution in [0.3, 0.4) is 0 Å². The molecule has 1 aromatic heterocycles. The summed E-state index contributed by atoms with van der Waals surface area (Å²) in [6, 6.07) is 12.1. The second-order valence-corrected chi connectivity index (χ2v) is 9.38. The van der Waals surface area contributed by atoms with Crippen LogP contribution in [0.2, 0.25) is 0 Å². The zero-order valence-electron chi connectivity index (χ0n) is 17.8. The smallest absolute Gasteiger partial charge is 0.269 e. The summed E-state index contributed by atoms with van der Waals surface area (Å²) in [5.74, 6) is 0.439. The Morgan fingerprint density at radius 3 is 2.52 bits per heavy atom. The van der Waals surface area contributed by atoms with E-state index in [0.717, 1.165) is 36.8 Å². The summed E-state index contributed by atoms with van der Waals surface area (Å²) in [6.45, 7) is 1.75. The first kappa shape index (κ1) is 21.1. The molecule has 8 heteroatoms. The number of nitrogens with zero attached hydrogens (tertiary/aromatic N) is 2. The van der Waals surface area contributed by atoms with Gasteiger partial charge in [0.1, 0.15) is 5.75 Å². The van der Waals surface area contributed by atoms with Crippen LogP contribution in [0.5, 0.6) is 5.75 Å². The maximum absolute atomic E-state index is 13.2. The van der Waals surface area contributed by atoms with Gasteiger partial charge in [-0.25, -0.2) is 13.1 Å². The predicted octanol–water partition coefficient (Wildman–Crippen LogP) is 3.44. The standard InChI is InChI=1S/C23H25N3O4S/c1-15-12-13-16(22-17-8-4-5-9-18(17)23(27)26(2)24-22)14-21(15)31(28,29)25-19-10-6-7-11-20(19)30-3/h6-7,10-14,25H,4-5,8-9H2,1-3H3. The molecular weight excluding hydrogens is 414 g/mol. The summed E-state index contributed by atoms with van der Waals surface area (Å²) in [4.78, 5) is 12.7. The summed E-state index contributed by atoms with van der Waals surface area (Å²) in [6.07, 6.45) is 3.45. The molecule has 4 rings (SSSR count). The number of fused-ring (bicyclic) bond motifs is 1. The number of nitrogens with one attached hydrogen (secondary N) is 1. The molecule has 0 unspecified atom stereocenters. The fourth-order valence-corrected chi connectivity index (χ4v) is 5.39. The van der Waals surface area contributed by atoms with Crippen molar-refractivity contribution >= 4 is 15.7 Å². The third-order valence-electron chi connectivity index (χ3n) is 5.66. The summed E-state index contributed by atoms with van der Waals surface area (Å²) in [7, 11) is -0.745. The number of anilines is 1. The molecular formula is C23H25N3O4S. The van der Waals surface area contributed by atoms with Crippen molar-refractivity contribution in [1.82, 2.24) is 9.78 Å². The Morgan fingerprint density at radius 1 is 1.06 bits per heavy atom. The van der Waals surface area contributed by atoms with Crippen molar-refractivity contribution in [3.63, 3.8) is 0 Å². The van der Waals surface area contributed by atoms with E-state index in [1.54, 1.807) is 50.4 Å². The zero-order valence-corrected chi connectivity index (χ0v) is 18.6. The molecule has 2 aromatic carbocycles. The van der Waals surface area contributed by atoms with Crippen LogP contribution in [0.4, 0.5) is 5.69 Å². The van der Waals surface area contributed by atoms with Gasteiger partial charge in [-0.2, -0.15) is 5.10 Å². The highest BCUT2D eigenvalue weighted by molar-refractivity contribution is 7.92. The number of para-hydroxylation sites is 2. The number of ether oxygens (including phenoxy) is 1. The Morgan fingerprint density at radius 2 is 1.77 bits per heavy atom. The van der Waals surface area contributed by atoms with Gasteiger partial charge in [0.2, 0.25) is 0 Å². The molecule has 0 saturated heterocycles. The van der Waals surface area contributed by atoms with Crippen molar-refractivity contribution in [2.24, 2.45) is 7.05 Å². The van der Waals surface area contributed by atoms with Gasteiger partial charge in [-0.1, -0.05) is 24.3 Å². The van der Waals surface area contributed by atoms with Crippen molar-refractivity contribution in [3.8, 4) is 17.0 Å². The first-order valence-corrected chi connectivity index (χ1v) is 11.7. The topological polar surface area (TPSA) is 90.3 Å². The number of hydrogen-bond donors (Lipinski definition) is 1. The lowest BCUT2D eigenvalue weighted by Gasteiger charge is -2.20. The molecule has 1 N–H and O–H groups in total. The van der Waals surface area contributed by atoms with Gasteiger partial charge in [-0.05, 0) is 61.9 Å². The van der Waals surface area contributed by atoms with Gasteiger partial charge >= 0.3 is 0 Å². The lowest BCUT2D eigenvalue weighted by molar-refractivity contribution is 0.417. The van der Waals surface area contributed by atoms with E-state index in [9.17, 15) is 13.2 Å². The van der Waals surface area contributed by atoms with Crippen LogP contribution < -0.4 is 15.0 Å². The maximum atomic E-state index is 13.2. The minimum Gasteiger partial charge on any atom is -0.495 e. The van der Waals surface area contributed by atoms with E-state index in [0.29, 0.717) is 28.3 Å². The molecule has 1 aliphatic rings. The van der Waals surface area contributed by atoms with Gasteiger partial charge in [0.25, 0.3) is 15.6 Å². The highest BCUT2D eigenvalue weighted by Crippen LogP contribution is 2.32. The van der Waals surface area contributed by atoms with E-state index in [1.165, 1.54) is 11.8 Å². The highest BCUT2D eigenvalue weighted by atomic mass is 32.2. The average molecular weight is 440 g/mol. The third kappa shape index (κ3) is 3.95. The number of benzene rings is 2. The largest absolute Gasteiger partial charge is 0.495 e. The molecule has 1 heterocycles. The molecule has 0 spiro atoms. The molecule has 0 bridgehead atoms. The van der Waals surface area contributed by atoms with Crippen LogP contribution >= 0.6 is 0 Å². The molecule has 0 atom stereocenters. The number of aryl methyl sites for hydroxylation is 2. The fraction of sp³-hybridized carbons (Fsp3) is 0.304. The van der Waals surface area contributed by atoms with Crippen LogP contribution in [-0.2, 0) is 29.9 Å².